The molecule has 0 bridgehead atoms. The van der Waals surface area contributed by atoms with Gasteiger partial charge in [-0.2, -0.15) is 0 Å². The van der Waals surface area contributed by atoms with E-state index in [-0.39, 0.29) is 25.0 Å². The number of nitrogens with zero attached hydrogens (tertiary/aromatic N) is 1. The van der Waals surface area contributed by atoms with E-state index in [4.69, 9.17) is 4.74 Å². The molecule has 170 valence electrons. The van der Waals surface area contributed by atoms with E-state index >= 15 is 0 Å². The van der Waals surface area contributed by atoms with Gasteiger partial charge in [0.15, 0.2) is 0 Å². The highest BCUT2D eigenvalue weighted by molar-refractivity contribution is 7.52. The molecule has 11 heteroatoms. The summed E-state index contributed by atoms with van der Waals surface area (Å²) in [7, 11) is -4.58. The van der Waals surface area contributed by atoms with Gasteiger partial charge in [0.1, 0.15) is 24.5 Å². The minimum absolute atomic E-state index is 0.0365. The number of carbonyl (C=O) groups is 3. The molecule has 2 rings (SSSR count). The largest absolute Gasteiger partial charge is 0.446 e. The van der Waals surface area contributed by atoms with Gasteiger partial charge in [-0.3, -0.25) is 14.2 Å². The summed E-state index contributed by atoms with van der Waals surface area (Å²) in [5.74, 6) is -2.61. The summed E-state index contributed by atoms with van der Waals surface area (Å²) in [5.41, 5.74) is 0. The highest BCUT2D eigenvalue weighted by Gasteiger charge is 2.38. The quantitative estimate of drug-likeness (QED) is 0.311. The topological polar surface area (TPSA) is 145 Å². The molecule has 1 heterocycles. The Balaban J connectivity index is 1.90. The van der Waals surface area contributed by atoms with Crippen molar-refractivity contribution in [3.63, 3.8) is 0 Å². The summed E-state index contributed by atoms with van der Waals surface area (Å²) in [6, 6.07) is -0.835. The zero-order valence-electron chi connectivity index (χ0n) is 17.3. The van der Waals surface area contributed by atoms with Crippen LogP contribution in [0.15, 0.2) is 12.7 Å². The molecular weight excluding hydrogens is 413 g/mol. The second kappa shape index (κ2) is 10.9. The van der Waals surface area contributed by atoms with Gasteiger partial charge in [0.2, 0.25) is 11.8 Å². The van der Waals surface area contributed by atoms with Crippen molar-refractivity contribution in [2.45, 2.75) is 69.8 Å². The molecule has 3 atom stereocenters. The molecule has 30 heavy (non-hydrogen) atoms. The van der Waals surface area contributed by atoms with E-state index in [0.29, 0.717) is 19.4 Å². The van der Waals surface area contributed by atoms with Crippen molar-refractivity contribution in [2.75, 3.05) is 13.1 Å². The number of likely N-dealkylation sites (tertiary alicyclic amines) is 1. The number of ether oxygens (including phenoxy) is 1. The third-order valence-electron chi connectivity index (χ3n) is 5.55. The minimum Gasteiger partial charge on any atom is -0.446 e. The van der Waals surface area contributed by atoms with Crippen molar-refractivity contribution >= 4 is 25.5 Å². The van der Waals surface area contributed by atoms with Crippen LogP contribution in [0.5, 0.6) is 0 Å². The second-order valence-electron chi connectivity index (χ2n) is 7.97. The number of hydrogen-bond donors (Lipinski definition) is 4. The number of rotatable bonds is 9. The van der Waals surface area contributed by atoms with E-state index in [1.807, 2.05) is 0 Å². The van der Waals surface area contributed by atoms with Crippen molar-refractivity contribution in [1.82, 2.24) is 15.5 Å². The number of nitrogens with one attached hydrogen (secondary N) is 2. The number of allylic oxidation sites excluding steroid dienone is 1. The van der Waals surface area contributed by atoms with Crippen LogP contribution in [0.25, 0.3) is 0 Å². The smallest absolute Gasteiger partial charge is 0.407 e. The average molecular weight is 445 g/mol. The lowest BCUT2D eigenvalue weighted by atomic mass is 10.1. The molecule has 3 amide bonds. The first-order valence-corrected chi connectivity index (χ1v) is 12.0. The van der Waals surface area contributed by atoms with Gasteiger partial charge < -0.3 is 30.1 Å². The zero-order chi connectivity index (χ0) is 22.3. The summed E-state index contributed by atoms with van der Waals surface area (Å²) >= 11 is 0. The SMILES string of the molecule is C=C[C@H](C)CC(NC(=O)C1CCCN1C(=O)CNC(=O)OC1CCCC1)P(=O)(O)O. The molecule has 0 radical (unpaired) electrons. The highest BCUT2D eigenvalue weighted by Crippen LogP contribution is 2.43. The molecular formula is C19H32N3O7P. The van der Waals surface area contributed by atoms with Crippen molar-refractivity contribution < 1.29 is 33.5 Å². The predicted octanol–water partition coefficient (Wildman–Crippen LogP) is 1.48. The van der Waals surface area contributed by atoms with Crippen molar-refractivity contribution in [2.24, 2.45) is 5.92 Å². The summed E-state index contributed by atoms with van der Waals surface area (Å²) in [4.78, 5) is 57.5. The van der Waals surface area contributed by atoms with E-state index < -0.39 is 37.3 Å². The van der Waals surface area contributed by atoms with E-state index in [2.05, 4.69) is 17.2 Å². The number of amides is 3. The number of alkyl carbamates (subject to hydrolysis) is 1. The molecule has 2 aliphatic rings. The van der Waals surface area contributed by atoms with E-state index in [1.165, 1.54) is 4.90 Å². The normalized spacial score (nSPS) is 21.7. The first-order chi connectivity index (χ1) is 14.1. The Morgan fingerprint density at radius 1 is 1.23 bits per heavy atom. The molecule has 1 aliphatic heterocycles. The minimum atomic E-state index is -4.58. The van der Waals surface area contributed by atoms with Crippen LogP contribution in [-0.2, 0) is 18.9 Å². The lowest BCUT2D eigenvalue weighted by Gasteiger charge is -2.27. The van der Waals surface area contributed by atoms with E-state index in [1.54, 1.807) is 13.0 Å². The lowest BCUT2D eigenvalue weighted by molar-refractivity contribution is -0.137. The monoisotopic (exact) mass is 445 g/mol. The molecule has 2 unspecified atom stereocenters. The zero-order valence-corrected chi connectivity index (χ0v) is 18.2. The average Bonchev–Trinajstić information content (AvgIpc) is 3.36. The second-order valence-corrected chi connectivity index (χ2v) is 9.77. The van der Waals surface area contributed by atoms with Crippen LogP contribution >= 0.6 is 7.60 Å². The summed E-state index contributed by atoms with van der Waals surface area (Å²) < 4.78 is 17.0. The van der Waals surface area contributed by atoms with Gasteiger partial charge in [-0.05, 0) is 50.9 Å². The fourth-order valence-electron chi connectivity index (χ4n) is 3.78. The Morgan fingerprint density at radius 2 is 1.90 bits per heavy atom. The molecule has 10 nitrogen and oxygen atoms in total. The van der Waals surface area contributed by atoms with Crippen LogP contribution in [0.3, 0.4) is 0 Å². The molecule has 2 fully saturated rings. The predicted molar refractivity (Wildman–Crippen MR) is 109 cm³/mol. The van der Waals surface area contributed by atoms with Gasteiger partial charge in [0, 0.05) is 6.54 Å². The Kier molecular flexibility index (Phi) is 8.88. The molecule has 1 aliphatic carbocycles. The Labute approximate surface area is 176 Å². The number of hydrogen-bond acceptors (Lipinski definition) is 5. The maximum absolute atomic E-state index is 12.7. The van der Waals surface area contributed by atoms with Crippen LogP contribution in [0.4, 0.5) is 4.79 Å². The molecule has 0 aromatic rings. The number of carbonyl (C=O) groups excluding carboxylic acids is 3. The van der Waals surface area contributed by atoms with Crippen LogP contribution in [0.2, 0.25) is 0 Å². The van der Waals surface area contributed by atoms with Gasteiger partial charge in [-0.25, -0.2) is 4.79 Å². The van der Waals surface area contributed by atoms with E-state index in [0.717, 1.165) is 25.7 Å². The third kappa shape index (κ3) is 7.11. The highest BCUT2D eigenvalue weighted by atomic mass is 31.2. The molecule has 1 saturated carbocycles. The fourth-order valence-corrected chi connectivity index (χ4v) is 4.68. The third-order valence-corrected chi connectivity index (χ3v) is 6.70. The Bertz CT molecular complexity index is 690. The molecule has 0 spiro atoms. The van der Waals surface area contributed by atoms with Gasteiger partial charge in [0.05, 0.1) is 0 Å². The van der Waals surface area contributed by atoms with Crippen LogP contribution in [0, 0.1) is 5.92 Å². The Morgan fingerprint density at radius 3 is 2.50 bits per heavy atom. The van der Waals surface area contributed by atoms with Crippen molar-refractivity contribution in [1.29, 1.82) is 0 Å². The fraction of sp³-hybridized carbons (Fsp3) is 0.737. The summed E-state index contributed by atoms with van der Waals surface area (Å²) in [5, 5.41) is 4.83. The summed E-state index contributed by atoms with van der Waals surface area (Å²) in [6.45, 7) is 5.36. The van der Waals surface area contributed by atoms with Crippen LogP contribution in [-0.4, -0.2) is 63.6 Å². The van der Waals surface area contributed by atoms with Crippen LogP contribution in [0.1, 0.15) is 51.9 Å². The van der Waals surface area contributed by atoms with Gasteiger partial charge in [0.25, 0.3) is 0 Å². The standard InChI is InChI=1S/C19H32N3O7P/c1-3-13(2)11-16(30(26,27)28)21-18(24)15-9-6-10-22(15)17(23)12-20-19(25)29-14-7-4-5-8-14/h3,13-16H,1,4-12H2,2H3,(H,20,25)(H,21,24)(H2,26,27,28)/t13-,15?,16?/m0/s1. The Hall–Kier alpha value is -1.90. The van der Waals surface area contributed by atoms with Gasteiger partial charge in [-0.15, -0.1) is 6.58 Å². The molecule has 4 N–H and O–H groups in total. The van der Waals surface area contributed by atoms with Crippen molar-refractivity contribution in [3.8, 4) is 0 Å². The first kappa shape index (κ1) is 24.4. The van der Waals surface area contributed by atoms with Gasteiger partial charge in [-0.1, -0.05) is 13.0 Å². The molecule has 0 aromatic carbocycles. The maximum atomic E-state index is 12.7. The van der Waals surface area contributed by atoms with Gasteiger partial charge >= 0.3 is 13.7 Å². The van der Waals surface area contributed by atoms with E-state index in [9.17, 15) is 28.7 Å². The molecule has 0 aromatic heterocycles. The first-order valence-electron chi connectivity index (χ1n) is 10.3. The van der Waals surface area contributed by atoms with Crippen molar-refractivity contribution in [3.05, 3.63) is 12.7 Å². The molecule has 1 saturated heterocycles. The van der Waals surface area contributed by atoms with Crippen LogP contribution < -0.4 is 10.6 Å². The lowest BCUT2D eigenvalue weighted by Crippen LogP contribution is -2.51. The maximum Gasteiger partial charge on any atom is 0.407 e. The summed E-state index contributed by atoms with van der Waals surface area (Å²) in [6.07, 6.45) is 5.45.